The minimum atomic E-state index is -1.20. The Morgan fingerprint density at radius 3 is 2.50 bits per heavy atom. The summed E-state index contributed by atoms with van der Waals surface area (Å²) in [5.41, 5.74) is 0.0815. The number of carbonyl (C=O) groups is 1. The van der Waals surface area contributed by atoms with Crippen molar-refractivity contribution in [1.82, 2.24) is 0 Å². The molecule has 0 amide bonds. The summed E-state index contributed by atoms with van der Waals surface area (Å²) in [4.78, 5) is 23.2. The zero-order chi connectivity index (χ0) is 13.9. The van der Waals surface area contributed by atoms with Gasteiger partial charge in [0.2, 0.25) is 0 Å². The first-order valence-electron chi connectivity index (χ1n) is 5.36. The van der Waals surface area contributed by atoms with Gasteiger partial charge in [-0.25, -0.2) is 4.79 Å². The van der Waals surface area contributed by atoms with Crippen LogP contribution < -0.4 is 10.2 Å². The van der Waals surface area contributed by atoms with E-state index >= 15 is 0 Å². The maximum absolute atomic E-state index is 11.1. The Balaban J connectivity index is 3.59. The van der Waals surface area contributed by atoms with Gasteiger partial charge in [-0.2, -0.15) is 0 Å². The van der Waals surface area contributed by atoms with Crippen LogP contribution in [0.4, 0.5) is 17.1 Å². The molecule has 2 N–H and O–H groups in total. The molecule has 0 saturated carbocycles. The molecule has 0 atom stereocenters. The fourth-order valence-electron chi connectivity index (χ4n) is 1.66. The molecule has 1 rings (SSSR count). The number of anilines is 2. The van der Waals surface area contributed by atoms with Crippen LogP contribution in [0.2, 0.25) is 0 Å². The topological polar surface area (TPSA) is 95.7 Å². The number of nitrogens with zero attached hydrogens (tertiary/aromatic N) is 2. The number of nitro benzene ring substituents is 1. The number of hydrogen-bond donors (Lipinski definition) is 2. The molecule has 0 radical (unpaired) electrons. The SMILES string of the molecule is CCNc1c(C(=O)O)ccc(N(C)C)c1[N+](=O)[O-]. The Morgan fingerprint density at radius 1 is 1.50 bits per heavy atom. The number of aromatic carboxylic acids is 1. The van der Waals surface area contributed by atoms with Gasteiger partial charge in [0.15, 0.2) is 0 Å². The van der Waals surface area contributed by atoms with Crippen LogP contribution in [0, 0.1) is 10.1 Å². The summed E-state index contributed by atoms with van der Waals surface area (Å²) in [6.45, 7) is 2.15. The predicted molar refractivity (Wildman–Crippen MR) is 68.5 cm³/mol. The third kappa shape index (κ3) is 2.50. The molecule has 98 valence electrons. The smallest absolute Gasteiger partial charge is 0.338 e. The van der Waals surface area contributed by atoms with Gasteiger partial charge < -0.3 is 15.3 Å². The molecular formula is C11H15N3O4. The molecule has 0 aliphatic carbocycles. The van der Waals surface area contributed by atoms with E-state index in [0.29, 0.717) is 12.2 Å². The van der Waals surface area contributed by atoms with Crippen molar-refractivity contribution in [3.63, 3.8) is 0 Å². The monoisotopic (exact) mass is 253 g/mol. The second kappa shape index (κ2) is 5.35. The highest BCUT2D eigenvalue weighted by Gasteiger charge is 2.26. The van der Waals surface area contributed by atoms with Crippen LogP contribution in [0.3, 0.4) is 0 Å². The molecule has 0 bridgehead atoms. The van der Waals surface area contributed by atoms with Crippen LogP contribution in [0.5, 0.6) is 0 Å². The van der Waals surface area contributed by atoms with Gasteiger partial charge in [-0.1, -0.05) is 0 Å². The molecule has 7 nitrogen and oxygen atoms in total. The zero-order valence-corrected chi connectivity index (χ0v) is 10.4. The van der Waals surface area contributed by atoms with Crippen molar-refractivity contribution < 1.29 is 14.8 Å². The molecule has 0 unspecified atom stereocenters. The molecule has 0 aliphatic rings. The van der Waals surface area contributed by atoms with Gasteiger partial charge >= 0.3 is 11.7 Å². The van der Waals surface area contributed by atoms with Crippen LogP contribution in [-0.4, -0.2) is 36.6 Å². The molecule has 18 heavy (non-hydrogen) atoms. The van der Waals surface area contributed by atoms with Gasteiger partial charge in [-0.15, -0.1) is 0 Å². The van der Waals surface area contributed by atoms with Crippen LogP contribution >= 0.6 is 0 Å². The Morgan fingerprint density at radius 2 is 2.11 bits per heavy atom. The molecule has 1 aromatic rings. The summed E-state index contributed by atoms with van der Waals surface area (Å²) < 4.78 is 0. The highest BCUT2D eigenvalue weighted by molar-refractivity contribution is 5.99. The quantitative estimate of drug-likeness (QED) is 0.613. The average molecular weight is 253 g/mol. The lowest BCUT2D eigenvalue weighted by molar-refractivity contribution is -0.383. The van der Waals surface area contributed by atoms with E-state index in [-0.39, 0.29) is 16.9 Å². The van der Waals surface area contributed by atoms with E-state index < -0.39 is 10.9 Å². The second-order valence-corrected chi connectivity index (χ2v) is 3.84. The molecule has 0 heterocycles. The van der Waals surface area contributed by atoms with E-state index in [4.69, 9.17) is 5.11 Å². The Bertz CT molecular complexity index is 485. The largest absolute Gasteiger partial charge is 0.478 e. The van der Waals surface area contributed by atoms with Crippen molar-refractivity contribution >= 4 is 23.0 Å². The molecule has 0 aliphatic heterocycles. The standard InChI is InChI=1S/C11H15N3O4/c1-4-12-9-7(11(15)16)5-6-8(13(2)3)10(9)14(17)18/h5-6,12H,4H2,1-3H3,(H,15,16). The highest BCUT2D eigenvalue weighted by atomic mass is 16.6. The van der Waals surface area contributed by atoms with Gasteiger partial charge in [0, 0.05) is 20.6 Å². The first kappa shape index (κ1) is 13.8. The van der Waals surface area contributed by atoms with E-state index in [0.717, 1.165) is 0 Å². The Labute approximate surface area is 104 Å². The fraction of sp³-hybridized carbons (Fsp3) is 0.364. The van der Waals surface area contributed by atoms with E-state index in [1.165, 1.54) is 12.1 Å². The number of carboxylic acid groups (broad SMARTS) is 1. The number of hydrogen-bond acceptors (Lipinski definition) is 5. The van der Waals surface area contributed by atoms with Gasteiger partial charge in [0.05, 0.1) is 10.5 Å². The van der Waals surface area contributed by atoms with Gasteiger partial charge in [0.25, 0.3) is 0 Å². The van der Waals surface area contributed by atoms with E-state index in [1.807, 2.05) is 0 Å². The minimum absolute atomic E-state index is 0.0428. The van der Waals surface area contributed by atoms with Gasteiger partial charge in [-0.3, -0.25) is 10.1 Å². The number of rotatable bonds is 5. The summed E-state index contributed by atoms with van der Waals surface area (Å²) >= 11 is 0. The van der Waals surface area contributed by atoms with Crippen molar-refractivity contribution in [2.75, 3.05) is 30.9 Å². The maximum Gasteiger partial charge on any atom is 0.338 e. The summed E-state index contributed by atoms with van der Waals surface area (Å²) in [5, 5.41) is 22.9. The van der Waals surface area contributed by atoms with Gasteiger partial charge in [0.1, 0.15) is 11.4 Å². The van der Waals surface area contributed by atoms with Crippen molar-refractivity contribution in [1.29, 1.82) is 0 Å². The average Bonchev–Trinajstić information content (AvgIpc) is 2.27. The van der Waals surface area contributed by atoms with E-state index in [1.54, 1.807) is 25.9 Å². The van der Waals surface area contributed by atoms with Crippen LogP contribution in [0.15, 0.2) is 12.1 Å². The van der Waals surface area contributed by atoms with Gasteiger partial charge in [-0.05, 0) is 19.1 Å². The summed E-state index contributed by atoms with van der Waals surface area (Å²) in [6, 6.07) is 2.80. The molecular weight excluding hydrogens is 238 g/mol. The lowest BCUT2D eigenvalue weighted by atomic mass is 10.1. The molecule has 0 spiro atoms. The van der Waals surface area contributed by atoms with E-state index in [2.05, 4.69) is 5.32 Å². The third-order valence-corrected chi connectivity index (χ3v) is 2.40. The molecule has 0 saturated heterocycles. The van der Waals surface area contributed by atoms with E-state index in [9.17, 15) is 14.9 Å². The zero-order valence-electron chi connectivity index (χ0n) is 10.4. The number of nitrogens with one attached hydrogen (secondary N) is 1. The number of benzene rings is 1. The van der Waals surface area contributed by atoms with Crippen molar-refractivity contribution in [3.05, 3.63) is 27.8 Å². The van der Waals surface area contributed by atoms with Crippen LogP contribution in [0.1, 0.15) is 17.3 Å². The van der Waals surface area contributed by atoms with Crippen molar-refractivity contribution in [3.8, 4) is 0 Å². The van der Waals surface area contributed by atoms with Crippen molar-refractivity contribution in [2.45, 2.75) is 6.92 Å². The number of carboxylic acids is 1. The summed E-state index contributed by atoms with van der Waals surface area (Å²) in [7, 11) is 3.33. The normalized spacial score (nSPS) is 9.94. The summed E-state index contributed by atoms with van der Waals surface area (Å²) in [6.07, 6.45) is 0. The second-order valence-electron chi connectivity index (χ2n) is 3.84. The Kier molecular flexibility index (Phi) is 4.09. The lowest BCUT2D eigenvalue weighted by Gasteiger charge is -2.16. The van der Waals surface area contributed by atoms with Crippen LogP contribution in [0.25, 0.3) is 0 Å². The molecule has 1 aromatic carbocycles. The molecule has 7 heteroatoms. The first-order valence-corrected chi connectivity index (χ1v) is 5.36. The van der Waals surface area contributed by atoms with Crippen LogP contribution in [-0.2, 0) is 0 Å². The fourth-order valence-corrected chi connectivity index (χ4v) is 1.66. The number of nitro groups is 1. The lowest BCUT2D eigenvalue weighted by Crippen LogP contribution is -2.15. The Hall–Kier alpha value is -2.31. The highest BCUT2D eigenvalue weighted by Crippen LogP contribution is 2.37. The minimum Gasteiger partial charge on any atom is -0.478 e. The van der Waals surface area contributed by atoms with Crippen molar-refractivity contribution in [2.24, 2.45) is 0 Å². The molecule has 0 aromatic heterocycles. The maximum atomic E-state index is 11.1. The third-order valence-electron chi connectivity index (χ3n) is 2.40. The first-order chi connectivity index (χ1) is 8.40. The predicted octanol–water partition coefficient (Wildman–Crippen LogP) is 1.79. The summed E-state index contributed by atoms with van der Waals surface area (Å²) in [5.74, 6) is -1.20. The molecule has 0 fully saturated rings.